The standard InChI is InChI=1S/C13H17N3S.2ClH/c1-2-4-12-10(3-1)5-8-15-13(16-12)17-11-6-7-14-9-11;;/h1-4,11,14H,5-9H2,(H,15,16);2*1H/t11-;;/m0../s1. The highest BCUT2D eigenvalue weighted by Crippen LogP contribution is 2.24. The van der Waals surface area contributed by atoms with Gasteiger partial charge < -0.3 is 10.6 Å². The third-order valence-corrected chi connectivity index (χ3v) is 4.38. The molecule has 0 saturated carbocycles. The first-order valence-electron chi connectivity index (χ1n) is 6.18. The Bertz CT molecular complexity index is 434. The smallest absolute Gasteiger partial charge is 0.161 e. The van der Waals surface area contributed by atoms with Gasteiger partial charge in [-0.15, -0.1) is 24.8 Å². The maximum absolute atomic E-state index is 4.64. The number of hydrogen-bond acceptors (Lipinski definition) is 4. The van der Waals surface area contributed by atoms with Crippen molar-refractivity contribution in [1.29, 1.82) is 0 Å². The Hall–Kier alpha value is -0.420. The fourth-order valence-corrected chi connectivity index (χ4v) is 3.33. The van der Waals surface area contributed by atoms with Crippen LogP contribution in [0.15, 0.2) is 29.3 Å². The van der Waals surface area contributed by atoms with Crippen molar-refractivity contribution in [3.05, 3.63) is 29.8 Å². The maximum atomic E-state index is 4.64. The molecule has 1 atom stereocenters. The van der Waals surface area contributed by atoms with E-state index >= 15 is 0 Å². The van der Waals surface area contributed by atoms with Gasteiger partial charge >= 0.3 is 0 Å². The molecule has 6 heteroatoms. The van der Waals surface area contributed by atoms with Crippen molar-refractivity contribution in [3.8, 4) is 0 Å². The Morgan fingerprint density at radius 2 is 2.05 bits per heavy atom. The Morgan fingerprint density at radius 1 is 1.21 bits per heavy atom. The molecule has 0 aliphatic carbocycles. The molecule has 1 saturated heterocycles. The summed E-state index contributed by atoms with van der Waals surface area (Å²) in [6.45, 7) is 3.14. The molecule has 1 fully saturated rings. The Morgan fingerprint density at radius 3 is 2.84 bits per heavy atom. The van der Waals surface area contributed by atoms with E-state index in [-0.39, 0.29) is 24.8 Å². The number of halogens is 2. The second kappa shape index (κ2) is 8.00. The summed E-state index contributed by atoms with van der Waals surface area (Å²) in [7, 11) is 0. The molecule has 0 unspecified atom stereocenters. The SMILES string of the molecule is Cl.Cl.c1ccc2c(c1)CCN=C(S[C@H]1CCNC1)N2. The molecule has 3 rings (SSSR count). The van der Waals surface area contributed by atoms with E-state index < -0.39 is 0 Å². The van der Waals surface area contributed by atoms with Gasteiger partial charge in [0.05, 0.1) is 0 Å². The van der Waals surface area contributed by atoms with Gasteiger partial charge in [0.2, 0.25) is 0 Å². The topological polar surface area (TPSA) is 36.4 Å². The van der Waals surface area contributed by atoms with E-state index in [1.165, 1.54) is 17.7 Å². The lowest BCUT2D eigenvalue weighted by Crippen LogP contribution is -2.16. The number of anilines is 1. The number of nitrogens with zero attached hydrogens (tertiary/aromatic N) is 1. The van der Waals surface area contributed by atoms with E-state index in [1.807, 2.05) is 11.8 Å². The molecule has 1 aromatic rings. The van der Waals surface area contributed by atoms with Crippen LogP contribution in [0.3, 0.4) is 0 Å². The maximum Gasteiger partial charge on any atom is 0.161 e. The number of fused-ring (bicyclic) bond motifs is 1. The highest BCUT2D eigenvalue weighted by molar-refractivity contribution is 8.14. The van der Waals surface area contributed by atoms with Gasteiger partial charge in [0.1, 0.15) is 0 Å². The molecule has 2 N–H and O–H groups in total. The Balaban J connectivity index is 0.000000902. The molecule has 0 radical (unpaired) electrons. The molecule has 2 aliphatic rings. The summed E-state index contributed by atoms with van der Waals surface area (Å²) in [6, 6.07) is 8.50. The second-order valence-electron chi connectivity index (χ2n) is 4.45. The minimum absolute atomic E-state index is 0. The summed E-state index contributed by atoms with van der Waals surface area (Å²) in [5.74, 6) is 0. The number of amidine groups is 1. The van der Waals surface area contributed by atoms with Crippen LogP contribution in [0.1, 0.15) is 12.0 Å². The number of thioether (sulfide) groups is 1. The van der Waals surface area contributed by atoms with E-state index in [4.69, 9.17) is 0 Å². The van der Waals surface area contributed by atoms with Crippen LogP contribution in [0, 0.1) is 0 Å². The van der Waals surface area contributed by atoms with Gasteiger partial charge in [0.15, 0.2) is 5.17 Å². The van der Waals surface area contributed by atoms with Crippen molar-refractivity contribution in [3.63, 3.8) is 0 Å². The highest BCUT2D eigenvalue weighted by atomic mass is 35.5. The molecule has 0 bridgehead atoms. The van der Waals surface area contributed by atoms with E-state index in [0.717, 1.165) is 31.2 Å². The highest BCUT2D eigenvalue weighted by Gasteiger charge is 2.19. The summed E-state index contributed by atoms with van der Waals surface area (Å²) in [5, 5.41) is 8.62. The van der Waals surface area contributed by atoms with Gasteiger partial charge in [0.25, 0.3) is 0 Å². The Labute approximate surface area is 130 Å². The van der Waals surface area contributed by atoms with Crippen LogP contribution in [0.25, 0.3) is 0 Å². The van der Waals surface area contributed by atoms with Crippen LogP contribution >= 0.6 is 36.6 Å². The normalized spacial score (nSPS) is 21.1. The van der Waals surface area contributed by atoms with Gasteiger partial charge in [-0.05, 0) is 31.0 Å². The van der Waals surface area contributed by atoms with E-state index in [1.54, 1.807) is 0 Å². The molecule has 3 nitrogen and oxygen atoms in total. The fourth-order valence-electron chi connectivity index (χ4n) is 2.25. The molecule has 1 aromatic carbocycles. The monoisotopic (exact) mass is 319 g/mol. The molecule has 2 aliphatic heterocycles. The predicted molar refractivity (Wildman–Crippen MR) is 89.4 cm³/mol. The van der Waals surface area contributed by atoms with Crippen molar-refractivity contribution in [2.24, 2.45) is 4.99 Å². The minimum atomic E-state index is 0. The van der Waals surface area contributed by atoms with Crippen LogP contribution in [0.4, 0.5) is 5.69 Å². The lowest BCUT2D eigenvalue weighted by molar-refractivity contribution is 0.859. The zero-order chi connectivity index (χ0) is 11.5. The molecule has 0 spiro atoms. The number of hydrogen-bond donors (Lipinski definition) is 2. The average Bonchev–Trinajstić information content (AvgIpc) is 2.76. The fraction of sp³-hybridized carbons (Fsp3) is 0.462. The molecule has 0 amide bonds. The summed E-state index contributed by atoms with van der Waals surface area (Å²) in [6.07, 6.45) is 2.28. The summed E-state index contributed by atoms with van der Waals surface area (Å²) in [4.78, 5) is 4.64. The summed E-state index contributed by atoms with van der Waals surface area (Å²) in [5.41, 5.74) is 2.60. The first-order chi connectivity index (χ1) is 8.42. The molecule has 0 aromatic heterocycles. The second-order valence-corrected chi connectivity index (χ2v) is 5.74. The summed E-state index contributed by atoms with van der Waals surface area (Å²) < 4.78 is 0. The van der Waals surface area contributed by atoms with Crippen molar-refractivity contribution in [2.75, 3.05) is 25.0 Å². The van der Waals surface area contributed by atoms with Crippen LogP contribution in [0.5, 0.6) is 0 Å². The van der Waals surface area contributed by atoms with Crippen LogP contribution in [-0.4, -0.2) is 30.1 Å². The first kappa shape index (κ1) is 16.6. The van der Waals surface area contributed by atoms with Crippen LogP contribution in [-0.2, 0) is 6.42 Å². The lowest BCUT2D eigenvalue weighted by Gasteiger charge is -2.12. The minimum Gasteiger partial charge on any atom is -0.335 e. The largest absolute Gasteiger partial charge is 0.335 e. The van der Waals surface area contributed by atoms with Crippen molar-refractivity contribution in [2.45, 2.75) is 18.1 Å². The zero-order valence-electron chi connectivity index (χ0n) is 10.6. The van der Waals surface area contributed by atoms with Crippen molar-refractivity contribution in [1.82, 2.24) is 5.32 Å². The number of para-hydroxylation sites is 1. The third kappa shape index (κ3) is 4.28. The van der Waals surface area contributed by atoms with E-state index in [2.05, 4.69) is 39.9 Å². The number of nitrogens with one attached hydrogen (secondary N) is 2. The average molecular weight is 320 g/mol. The van der Waals surface area contributed by atoms with Gasteiger partial charge in [-0.3, -0.25) is 4.99 Å². The van der Waals surface area contributed by atoms with Crippen molar-refractivity contribution < 1.29 is 0 Å². The molecular weight excluding hydrogens is 301 g/mol. The first-order valence-corrected chi connectivity index (χ1v) is 7.06. The molecule has 2 heterocycles. The quantitative estimate of drug-likeness (QED) is 0.835. The summed E-state index contributed by atoms with van der Waals surface area (Å²) >= 11 is 1.88. The number of aliphatic imine (C=N–C) groups is 1. The van der Waals surface area contributed by atoms with E-state index in [0.29, 0.717) is 5.25 Å². The van der Waals surface area contributed by atoms with Gasteiger partial charge in [-0.25, -0.2) is 0 Å². The van der Waals surface area contributed by atoms with E-state index in [9.17, 15) is 0 Å². The van der Waals surface area contributed by atoms with Gasteiger partial charge in [-0.1, -0.05) is 30.0 Å². The predicted octanol–water partition coefficient (Wildman–Crippen LogP) is 2.95. The van der Waals surface area contributed by atoms with Crippen LogP contribution < -0.4 is 10.6 Å². The Kier molecular flexibility index (Phi) is 7.00. The number of rotatable bonds is 1. The zero-order valence-corrected chi connectivity index (χ0v) is 13.0. The molecule has 19 heavy (non-hydrogen) atoms. The lowest BCUT2D eigenvalue weighted by atomic mass is 10.1. The third-order valence-electron chi connectivity index (χ3n) is 3.19. The van der Waals surface area contributed by atoms with Crippen molar-refractivity contribution >= 4 is 47.4 Å². The van der Waals surface area contributed by atoms with Gasteiger partial charge in [-0.2, -0.15) is 0 Å². The van der Waals surface area contributed by atoms with Gasteiger partial charge in [0, 0.05) is 24.0 Å². The number of benzene rings is 1. The van der Waals surface area contributed by atoms with Crippen LogP contribution in [0.2, 0.25) is 0 Å². The molecular formula is C13H19Cl2N3S. The molecule has 106 valence electrons.